The van der Waals surface area contributed by atoms with Crippen LogP contribution in [0.5, 0.6) is 0 Å². The van der Waals surface area contributed by atoms with E-state index in [-0.39, 0.29) is 11.8 Å². The van der Waals surface area contributed by atoms with Crippen LogP contribution in [0.25, 0.3) is 0 Å². The lowest BCUT2D eigenvalue weighted by molar-refractivity contribution is -0.138. The molecule has 7 heteroatoms. The molecule has 5 nitrogen and oxygen atoms in total. The summed E-state index contributed by atoms with van der Waals surface area (Å²) >= 11 is 12.5. The number of nitrogens with zero attached hydrogens (tertiary/aromatic N) is 2. The van der Waals surface area contributed by atoms with Crippen LogP contribution >= 0.6 is 23.2 Å². The Balaban J connectivity index is 1.57. The third-order valence-corrected chi connectivity index (χ3v) is 7.28. The first-order valence-electron chi connectivity index (χ1n) is 11.1. The van der Waals surface area contributed by atoms with E-state index in [0.29, 0.717) is 42.4 Å². The minimum Gasteiger partial charge on any atom is -0.343 e. The van der Waals surface area contributed by atoms with Crippen molar-refractivity contribution in [1.82, 2.24) is 15.1 Å². The number of carbonyl (C=O) groups is 2. The van der Waals surface area contributed by atoms with Gasteiger partial charge in [0.25, 0.3) is 0 Å². The number of halogens is 2. The molecule has 2 aliphatic rings. The van der Waals surface area contributed by atoms with Gasteiger partial charge in [-0.1, -0.05) is 53.5 Å². The molecule has 1 saturated heterocycles. The molecule has 0 unspecified atom stereocenters. The largest absolute Gasteiger partial charge is 0.343 e. The monoisotopic (exact) mass is 473 g/mol. The number of aryl methyl sites for hydroxylation is 1. The van der Waals surface area contributed by atoms with Crippen molar-refractivity contribution in [3.63, 3.8) is 0 Å². The number of likely N-dealkylation sites (N-methyl/N-ethyl adjacent to an activating group) is 1. The van der Waals surface area contributed by atoms with Crippen molar-refractivity contribution in [3.05, 3.63) is 69.2 Å². The van der Waals surface area contributed by atoms with E-state index in [4.69, 9.17) is 23.2 Å². The molecule has 2 aromatic carbocycles. The van der Waals surface area contributed by atoms with Crippen molar-refractivity contribution in [1.29, 1.82) is 0 Å². The molecule has 32 heavy (non-hydrogen) atoms. The van der Waals surface area contributed by atoms with Gasteiger partial charge in [-0.25, -0.2) is 0 Å². The van der Waals surface area contributed by atoms with Gasteiger partial charge in [0, 0.05) is 42.6 Å². The molecule has 1 aliphatic carbocycles. The molecule has 0 aromatic heterocycles. The van der Waals surface area contributed by atoms with Gasteiger partial charge in [-0.05, 0) is 55.6 Å². The Labute approximate surface area is 199 Å². The van der Waals surface area contributed by atoms with E-state index in [1.807, 2.05) is 42.2 Å². The second-order valence-corrected chi connectivity index (χ2v) is 9.84. The highest BCUT2D eigenvalue weighted by Crippen LogP contribution is 2.51. The van der Waals surface area contributed by atoms with Gasteiger partial charge in [0.15, 0.2) is 0 Å². The predicted octanol–water partition coefficient (Wildman–Crippen LogP) is 3.83. The molecule has 0 radical (unpaired) electrons. The number of rotatable bonds is 6. The second-order valence-electron chi connectivity index (χ2n) is 8.99. The van der Waals surface area contributed by atoms with Crippen LogP contribution in [0.1, 0.15) is 29.5 Å². The SMILES string of the molecule is Cc1ccccc1C[C@H](NC(=O)C1(c2ccc(Cl)cc2Cl)CC1)C(=O)N1CCN(C)CC1. The van der Waals surface area contributed by atoms with Crippen LogP contribution in [-0.2, 0) is 21.4 Å². The van der Waals surface area contributed by atoms with Crippen LogP contribution in [0, 0.1) is 6.92 Å². The first kappa shape index (κ1) is 23.1. The zero-order valence-electron chi connectivity index (χ0n) is 18.5. The van der Waals surface area contributed by atoms with Gasteiger partial charge in [0.1, 0.15) is 6.04 Å². The Hall–Kier alpha value is -2.08. The number of carbonyl (C=O) groups excluding carboxylic acids is 2. The summed E-state index contributed by atoms with van der Waals surface area (Å²) in [6.45, 7) is 5.04. The number of nitrogens with one attached hydrogen (secondary N) is 1. The highest BCUT2D eigenvalue weighted by atomic mass is 35.5. The molecular weight excluding hydrogens is 445 g/mol. The number of benzene rings is 2. The fourth-order valence-corrected chi connectivity index (χ4v) is 5.01. The first-order valence-corrected chi connectivity index (χ1v) is 11.8. The van der Waals surface area contributed by atoms with Crippen LogP contribution in [0.3, 0.4) is 0 Å². The molecule has 0 spiro atoms. The minimum atomic E-state index is -0.686. The third-order valence-electron chi connectivity index (χ3n) is 6.74. The average Bonchev–Trinajstić information content (AvgIpc) is 3.56. The van der Waals surface area contributed by atoms with Crippen LogP contribution in [0.15, 0.2) is 42.5 Å². The molecule has 2 aromatic rings. The van der Waals surface area contributed by atoms with Crippen molar-refractivity contribution < 1.29 is 9.59 Å². The van der Waals surface area contributed by atoms with Gasteiger partial charge >= 0.3 is 0 Å². The Kier molecular flexibility index (Phi) is 6.80. The number of amides is 2. The molecule has 1 saturated carbocycles. The van der Waals surface area contributed by atoms with Gasteiger partial charge in [0.05, 0.1) is 5.41 Å². The molecule has 170 valence electrons. The van der Waals surface area contributed by atoms with Gasteiger partial charge in [-0.2, -0.15) is 0 Å². The molecule has 4 rings (SSSR count). The summed E-state index contributed by atoms with van der Waals surface area (Å²) in [6, 6.07) is 12.7. The van der Waals surface area contributed by atoms with E-state index in [1.54, 1.807) is 12.1 Å². The number of hydrogen-bond acceptors (Lipinski definition) is 3. The van der Waals surface area contributed by atoms with E-state index in [9.17, 15) is 9.59 Å². The summed E-state index contributed by atoms with van der Waals surface area (Å²) < 4.78 is 0. The topological polar surface area (TPSA) is 52.7 Å². The number of piperazine rings is 1. The van der Waals surface area contributed by atoms with E-state index < -0.39 is 11.5 Å². The standard InChI is InChI=1S/C25H29Cl2N3O2/c1-17-5-3-4-6-18(17)15-22(23(31)30-13-11-29(2)12-14-30)28-24(32)25(9-10-25)20-8-7-19(26)16-21(20)27/h3-8,16,22H,9-15H2,1-2H3,(H,28,32)/t22-/m0/s1. The van der Waals surface area contributed by atoms with Crippen molar-refractivity contribution >= 4 is 35.0 Å². The van der Waals surface area contributed by atoms with Crippen molar-refractivity contribution in [2.24, 2.45) is 0 Å². The zero-order valence-corrected chi connectivity index (χ0v) is 20.0. The average molecular weight is 474 g/mol. The zero-order chi connectivity index (χ0) is 22.9. The lowest BCUT2D eigenvalue weighted by Crippen LogP contribution is -2.56. The lowest BCUT2D eigenvalue weighted by Gasteiger charge is -2.35. The van der Waals surface area contributed by atoms with Gasteiger partial charge in [-0.3, -0.25) is 9.59 Å². The summed E-state index contributed by atoms with van der Waals surface area (Å²) in [4.78, 5) is 31.1. The summed E-state index contributed by atoms with van der Waals surface area (Å²) in [5.41, 5.74) is 2.27. The lowest BCUT2D eigenvalue weighted by atomic mass is 9.93. The molecule has 1 aliphatic heterocycles. The fourth-order valence-electron chi connectivity index (χ4n) is 4.42. The Bertz CT molecular complexity index is 1010. The van der Waals surface area contributed by atoms with Gasteiger partial charge in [0.2, 0.25) is 11.8 Å². The maximum atomic E-state index is 13.5. The maximum Gasteiger partial charge on any atom is 0.245 e. The molecular formula is C25H29Cl2N3O2. The Morgan fingerprint density at radius 2 is 1.75 bits per heavy atom. The summed E-state index contributed by atoms with van der Waals surface area (Å²) in [5.74, 6) is -0.157. The summed E-state index contributed by atoms with van der Waals surface area (Å²) in [5, 5.41) is 4.14. The first-order chi connectivity index (χ1) is 15.3. The highest BCUT2D eigenvalue weighted by Gasteiger charge is 2.53. The van der Waals surface area contributed by atoms with Crippen LogP contribution in [0.4, 0.5) is 0 Å². The van der Waals surface area contributed by atoms with Crippen molar-refractivity contribution in [2.45, 2.75) is 37.6 Å². The van der Waals surface area contributed by atoms with Crippen LogP contribution in [-0.4, -0.2) is 60.9 Å². The molecule has 2 fully saturated rings. The quantitative estimate of drug-likeness (QED) is 0.693. The summed E-state index contributed by atoms with van der Waals surface area (Å²) in [6.07, 6.45) is 1.88. The molecule has 1 N–H and O–H groups in total. The molecule has 1 atom stereocenters. The minimum absolute atomic E-state index is 0.0206. The van der Waals surface area contributed by atoms with Gasteiger partial charge < -0.3 is 15.1 Å². The maximum absolute atomic E-state index is 13.5. The van der Waals surface area contributed by atoms with Crippen LogP contribution in [0.2, 0.25) is 10.0 Å². The van der Waals surface area contributed by atoms with E-state index in [1.165, 1.54) is 0 Å². The fraction of sp³-hybridized carbons (Fsp3) is 0.440. The Morgan fingerprint density at radius 3 is 2.38 bits per heavy atom. The van der Waals surface area contributed by atoms with E-state index >= 15 is 0 Å². The van der Waals surface area contributed by atoms with E-state index in [2.05, 4.69) is 17.3 Å². The normalized spacial score (nSPS) is 18.8. The summed E-state index contributed by atoms with van der Waals surface area (Å²) in [7, 11) is 2.06. The second kappa shape index (κ2) is 9.42. The number of hydrogen-bond donors (Lipinski definition) is 1. The van der Waals surface area contributed by atoms with E-state index in [0.717, 1.165) is 29.8 Å². The highest BCUT2D eigenvalue weighted by molar-refractivity contribution is 6.35. The molecule has 2 amide bonds. The predicted molar refractivity (Wildman–Crippen MR) is 128 cm³/mol. The Morgan fingerprint density at radius 1 is 1.06 bits per heavy atom. The van der Waals surface area contributed by atoms with Crippen LogP contribution < -0.4 is 5.32 Å². The smallest absolute Gasteiger partial charge is 0.245 e. The molecule has 1 heterocycles. The van der Waals surface area contributed by atoms with Gasteiger partial charge in [-0.15, -0.1) is 0 Å². The molecule has 0 bridgehead atoms. The van der Waals surface area contributed by atoms with Crippen molar-refractivity contribution in [2.75, 3.05) is 33.2 Å². The third kappa shape index (κ3) is 4.80. The van der Waals surface area contributed by atoms with Crippen molar-refractivity contribution in [3.8, 4) is 0 Å².